The summed E-state index contributed by atoms with van der Waals surface area (Å²) in [5.74, 6) is -2.78. The zero-order valence-electron chi connectivity index (χ0n) is 16.9. The number of benzene rings is 1. The SMILES string of the molecule is O=S(=O)(C(F)F)N1Cc2ccccc2N(Cc2cnc[nH]2)[C@H](CCC2CCCC2)C1. The first kappa shape index (κ1) is 21.2. The number of hydrogen-bond acceptors (Lipinski definition) is 4. The van der Waals surface area contributed by atoms with Crippen molar-refractivity contribution in [2.75, 3.05) is 11.4 Å². The van der Waals surface area contributed by atoms with Crippen LogP contribution in [0.4, 0.5) is 14.5 Å². The van der Waals surface area contributed by atoms with E-state index in [1.165, 1.54) is 25.7 Å². The van der Waals surface area contributed by atoms with E-state index in [1.54, 1.807) is 12.5 Å². The van der Waals surface area contributed by atoms with Gasteiger partial charge in [-0.1, -0.05) is 43.9 Å². The summed E-state index contributed by atoms with van der Waals surface area (Å²) in [5, 5.41) is 0. The molecule has 1 N–H and O–H groups in total. The average molecular weight is 439 g/mol. The highest BCUT2D eigenvalue weighted by atomic mass is 32.2. The monoisotopic (exact) mass is 438 g/mol. The van der Waals surface area contributed by atoms with Crippen molar-refractivity contribution >= 4 is 15.7 Å². The van der Waals surface area contributed by atoms with Crippen molar-refractivity contribution in [3.63, 3.8) is 0 Å². The van der Waals surface area contributed by atoms with Crippen LogP contribution < -0.4 is 4.90 Å². The van der Waals surface area contributed by atoms with Gasteiger partial charge in [0.05, 0.1) is 18.6 Å². The molecule has 0 unspecified atom stereocenters. The Hall–Kier alpha value is -2.00. The molecule has 0 spiro atoms. The largest absolute Gasteiger partial charge is 0.361 e. The van der Waals surface area contributed by atoms with E-state index in [-0.39, 0.29) is 19.1 Å². The summed E-state index contributed by atoms with van der Waals surface area (Å²) in [7, 11) is -4.67. The second kappa shape index (κ2) is 9.01. The van der Waals surface area contributed by atoms with E-state index in [0.717, 1.165) is 34.1 Å². The Morgan fingerprint density at radius 3 is 2.63 bits per heavy atom. The quantitative estimate of drug-likeness (QED) is 0.706. The third-order valence-corrected chi connectivity index (χ3v) is 7.81. The number of aromatic nitrogens is 2. The molecule has 0 radical (unpaired) electrons. The molecule has 0 amide bonds. The molecule has 1 aromatic heterocycles. The van der Waals surface area contributed by atoms with Crippen molar-refractivity contribution in [2.45, 2.75) is 63.4 Å². The highest BCUT2D eigenvalue weighted by Gasteiger charge is 2.38. The Labute approximate surface area is 176 Å². The fourth-order valence-electron chi connectivity index (χ4n) is 4.76. The van der Waals surface area contributed by atoms with Crippen molar-refractivity contribution in [3.05, 3.63) is 48.0 Å². The van der Waals surface area contributed by atoms with Gasteiger partial charge >= 0.3 is 5.76 Å². The van der Waals surface area contributed by atoms with E-state index in [1.807, 2.05) is 24.3 Å². The lowest BCUT2D eigenvalue weighted by atomic mass is 9.97. The zero-order valence-corrected chi connectivity index (χ0v) is 17.7. The number of halogens is 2. The van der Waals surface area contributed by atoms with Gasteiger partial charge in [0, 0.05) is 31.0 Å². The fraction of sp³-hybridized carbons (Fsp3) is 0.571. The number of fused-ring (bicyclic) bond motifs is 1. The van der Waals surface area contributed by atoms with Gasteiger partial charge in [-0.05, 0) is 30.4 Å². The molecule has 1 aromatic carbocycles. The topological polar surface area (TPSA) is 69.3 Å². The van der Waals surface area contributed by atoms with Crippen LogP contribution in [-0.2, 0) is 23.1 Å². The molecule has 2 aromatic rings. The first-order chi connectivity index (χ1) is 14.4. The molecule has 30 heavy (non-hydrogen) atoms. The van der Waals surface area contributed by atoms with Gasteiger partial charge in [-0.15, -0.1) is 0 Å². The number of nitrogens with zero attached hydrogens (tertiary/aromatic N) is 3. The highest BCUT2D eigenvalue weighted by molar-refractivity contribution is 7.89. The number of anilines is 1. The maximum Gasteiger partial charge on any atom is 0.350 e. The third kappa shape index (κ3) is 4.51. The molecule has 1 saturated carbocycles. The lowest BCUT2D eigenvalue weighted by molar-refractivity contribution is 0.215. The van der Waals surface area contributed by atoms with Gasteiger partial charge in [-0.25, -0.2) is 13.4 Å². The van der Waals surface area contributed by atoms with Gasteiger partial charge < -0.3 is 9.88 Å². The summed E-state index contributed by atoms with van der Waals surface area (Å²) in [6.07, 6.45) is 9.97. The molecule has 1 fully saturated rings. The van der Waals surface area contributed by atoms with Crippen LogP contribution in [0.5, 0.6) is 0 Å². The molecule has 1 aliphatic heterocycles. The maximum absolute atomic E-state index is 13.4. The van der Waals surface area contributed by atoms with Crippen LogP contribution in [0, 0.1) is 5.92 Å². The van der Waals surface area contributed by atoms with Crippen LogP contribution in [0.3, 0.4) is 0 Å². The van der Waals surface area contributed by atoms with Crippen LogP contribution >= 0.6 is 0 Å². The van der Waals surface area contributed by atoms with Crippen molar-refractivity contribution < 1.29 is 17.2 Å². The Morgan fingerprint density at radius 1 is 1.17 bits per heavy atom. The molecule has 1 aliphatic carbocycles. The predicted molar refractivity (Wildman–Crippen MR) is 112 cm³/mol. The molecular formula is C21H28F2N4O2S. The molecule has 6 nitrogen and oxygen atoms in total. The Balaban J connectivity index is 1.68. The number of aromatic amines is 1. The van der Waals surface area contributed by atoms with Crippen molar-refractivity contribution in [2.24, 2.45) is 5.92 Å². The van der Waals surface area contributed by atoms with Crippen LogP contribution in [-0.4, -0.2) is 41.0 Å². The van der Waals surface area contributed by atoms with Crippen molar-refractivity contribution in [1.29, 1.82) is 0 Å². The number of alkyl halides is 2. The van der Waals surface area contributed by atoms with Crippen LogP contribution in [0.15, 0.2) is 36.8 Å². The van der Waals surface area contributed by atoms with Gasteiger partial charge in [-0.2, -0.15) is 13.1 Å². The van der Waals surface area contributed by atoms with Crippen LogP contribution in [0.25, 0.3) is 0 Å². The number of H-pyrrole nitrogens is 1. The molecule has 9 heteroatoms. The number of imidazole rings is 1. The van der Waals surface area contributed by atoms with Gasteiger partial charge in [0.1, 0.15) is 0 Å². The minimum atomic E-state index is -4.67. The standard InChI is InChI=1S/C21H28F2N4O2S/c22-21(23)30(28,29)26-12-17-7-3-4-8-20(17)27(13-18-11-24-15-25-18)19(14-26)10-9-16-5-1-2-6-16/h3-4,7-8,11,15-16,19,21H,1-2,5-6,9-10,12-14H2,(H,24,25)/t19-/m1/s1. The summed E-state index contributed by atoms with van der Waals surface area (Å²) in [6, 6.07) is 7.31. The Morgan fingerprint density at radius 2 is 1.93 bits per heavy atom. The van der Waals surface area contributed by atoms with Crippen LogP contribution in [0.2, 0.25) is 0 Å². The van der Waals surface area contributed by atoms with E-state index in [4.69, 9.17) is 0 Å². The zero-order chi connectivity index (χ0) is 21.1. The first-order valence-corrected chi connectivity index (χ1v) is 12.0. The lowest BCUT2D eigenvalue weighted by Gasteiger charge is -2.34. The smallest absolute Gasteiger partial charge is 0.350 e. The Kier molecular flexibility index (Phi) is 6.38. The molecule has 164 valence electrons. The highest BCUT2D eigenvalue weighted by Crippen LogP contribution is 2.35. The predicted octanol–water partition coefficient (Wildman–Crippen LogP) is 4.12. The summed E-state index contributed by atoms with van der Waals surface area (Å²) in [5.41, 5.74) is 2.54. The fourth-order valence-corrected chi connectivity index (χ4v) is 5.68. The van der Waals surface area contributed by atoms with Gasteiger partial charge in [0.15, 0.2) is 0 Å². The van der Waals surface area contributed by atoms with E-state index in [0.29, 0.717) is 12.5 Å². The number of sulfonamides is 1. The second-order valence-electron chi connectivity index (χ2n) is 8.31. The molecule has 2 aliphatic rings. The van der Waals surface area contributed by atoms with E-state index >= 15 is 0 Å². The Bertz CT molecular complexity index is 930. The molecule has 0 saturated heterocycles. The minimum Gasteiger partial charge on any atom is -0.361 e. The van der Waals surface area contributed by atoms with Gasteiger partial charge in [-0.3, -0.25) is 0 Å². The van der Waals surface area contributed by atoms with Gasteiger partial charge in [0.2, 0.25) is 0 Å². The number of nitrogens with one attached hydrogen (secondary N) is 1. The molecule has 0 bridgehead atoms. The number of rotatable bonds is 7. The molecular weight excluding hydrogens is 410 g/mol. The van der Waals surface area contributed by atoms with Crippen molar-refractivity contribution in [3.8, 4) is 0 Å². The van der Waals surface area contributed by atoms with E-state index in [2.05, 4.69) is 14.9 Å². The van der Waals surface area contributed by atoms with Gasteiger partial charge in [0.25, 0.3) is 10.0 Å². The summed E-state index contributed by atoms with van der Waals surface area (Å²) >= 11 is 0. The average Bonchev–Trinajstić information content (AvgIpc) is 3.40. The lowest BCUT2D eigenvalue weighted by Crippen LogP contribution is -2.45. The van der Waals surface area contributed by atoms with E-state index in [9.17, 15) is 17.2 Å². The minimum absolute atomic E-state index is 0.0394. The summed E-state index contributed by atoms with van der Waals surface area (Å²) in [6.45, 7) is 0.541. The first-order valence-electron chi connectivity index (χ1n) is 10.5. The molecule has 4 rings (SSSR count). The summed E-state index contributed by atoms with van der Waals surface area (Å²) in [4.78, 5) is 9.36. The normalized spacial score (nSPS) is 21.2. The second-order valence-corrected chi connectivity index (χ2v) is 10.2. The number of hydrogen-bond donors (Lipinski definition) is 1. The number of para-hydroxylation sites is 1. The molecule has 1 atom stereocenters. The maximum atomic E-state index is 13.4. The summed E-state index contributed by atoms with van der Waals surface area (Å²) < 4.78 is 52.6. The van der Waals surface area contributed by atoms with Crippen LogP contribution in [0.1, 0.15) is 49.8 Å². The third-order valence-electron chi connectivity index (χ3n) is 6.37. The van der Waals surface area contributed by atoms with E-state index < -0.39 is 15.8 Å². The van der Waals surface area contributed by atoms with Crippen molar-refractivity contribution in [1.82, 2.24) is 14.3 Å². The molecule has 2 heterocycles.